The van der Waals surface area contributed by atoms with E-state index >= 15 is 0 Å². The molecule has 1 N–H and O–H groups in total. The van der Waals surface area contributed by atoms with E-state index in [1.807, 2.05) is 30.3 Å². The predicted octanol–water partition coefficient (Wildman–Crippen LogP) is 3.68. The van der Waals surface area contributed by atoms with Gasteiger partial charge in [-0.25, -0.2) is 4.39 Å². The van der Waals surface area contributed by atoms with Gasteiger partial charge in [0.05, 0.1) is 18.6 Å². The van der Waals surface area contributed by atoms with Crippen LogP contribution in [0.1, 0.15) is 36.4 Å². The van der Waals surface area contributed by atoms with E-state index in [2.05, 4.69) is 10.2 Å². The summed E-state index contributed by atoms with van der Waals surface area (Å²) in [5.41, 5.74) is 2.01. The van der Waals surface area contributed by atoms with Gasteiger partial charge in [0, 0.05) is 25.1 Å². The first-order chi connectivity index (χ1) is 13.2. The molecule has 0 saturated carbocycles. The number of carbonyl (C=O) groups is 1. The van der Waals surface area contributed by atoms with Crippen molar-refractivity contribution in [3.05, 3.63) is 65.5 Å². The molecular formula is C22H25FN2O2. The Hall–Kier alpha value is -2.40. The lowest BCUT2D eigenvalue weighted by Crippen LogP contribution is -2.44. The van der Waals surface area contributed by atoms with Crippen molar-refractivity contribution in [1.82, 2.24) is 10.2 Å². The lowest BCUT2D eigenvalue weighted by molar-refractivity contribution is -0.127. The molecule has 1 amide bonds. The molecule has 2 aromatic rings. The van der Waals surface area contributed by atoms with Crippen molar-refractivity contribution in [2.75, 3.05) is 19.7 Å². The molecular weight excluding hydrogens is 343 g/mol. The number of fused-ring (bicyclic) bond motifs is 1. The van der Waals surface area contributed by atoms with Gasteiger partial charge in [0.15, 0.2) is 0 Å². The van der Waals surface area contributed by atoms with Gasteiger partial charge in [0.1, 0.15) is 11.6 Å². The Labute approximate surface area is 159 Å². The maximum Gasteiger partial charge on any atom is 0.224 e. The topological polar surface area (TPSA) is 41.6 Å². The van der Waals surface area contributed by atoms with Gasteiger partial charge in [0.2, 0.25) is 5.91 Å². The van der Waals surface area contributed by atoms with E-state index in [0.717, 1.165) is 42.7 Å². The number of likely N-dealkylation sites (tertiary alicyclic amines) is 1. The van der Waals surface area contributed by atoms with E-state index in [-0.39, 0.29) is 23.7 Å². The van der Waals surface area contributed by atoms with Crippen LogP contribution in [0.4, 0.5) is 4.39 Å². The summed E-state index contributed by atoms with van der Waals surface area (Å²) < 4.78 is 19.1. The van der Waals surface area contributed by atoms with Crippen molar-refractivity contribution >= 4 is 5.91 Å². The number of piperidine rings is 1. The Morgan fingerprint density at radius 1 is 1.19 bits per heavy atom. The molecule has 2 heterocycles. The molecule has 4 nitrogen and oxygen atoms in total. The van der Waals surface area contributed by atoms with E-state index in [0.29, 0.717) is 19.7 Å². The minimum Gasteiger partial charge on any atom is -0.493 e. The van der Waals surface area contributed by atoms with Crippen LogP contribution < -0.4 is 10.1 Å². The second-order valence-corrected chi connectivity index (χ2v) is 7.44. The molecule has 142 valence electrons. The number of para-hydroxylation sites is 1. The predicted molar refractivity (Wildman–Crippen MR) is 102 cm³/mol. The van der Waals surface area contributed by atoms with Gasteiger partial charge in [-0.2, -0.15) is 0 Å². The fraction of sp³-hybridized carbons (Fsp3) is 0.409. The molecule has 27 heavy (non-hydrogen) atoms. The Bertz CT molecular complexity index is 810. The molecule has 0 aromatic heterocycles. The van der Waals surface area contributed by atoms with E-state index in [1.54, 1.807) is 12.1 Å². The molecule has 2 aliphatic heterocycles. The summed E-state index contributed by atoms with van der Waals surface area (Å²) in [5, 5.41) is 3.23. The Morgan fingerprint density at radius 3 is 2.96 bits per heavy atom. The SMILES string of the molecule is O=C(NC1CCOc2ccccc21)C1CCCN(Cc2cccc(F)c2)C1. The molecule has 0 bridgehead atoms. The summed E-state index contributed by atoms with van der Waals surface area (Å²) in [7, 11) is 0. The van der Waals surface area contributed by atoms with E-state index in [4.69, 9.17) is 4.74 Å². The number of hydrogen-bond acceptors (Lipinski definition) is 3. The van der Waals surface area contributed by atoms with Crippen LogP contribution in [0, 0.1) is 11.7 Å². The molecule has 2 aliphatic rings. The van der Waals surface area contributed by atoms with Gasteiger partial charge in [-0.3, -0.25) is 9.69 Å². The first-order valence-corrected chi connectivity index (χ1v) is 9.68. The smallest absolute Gasteiger partial charge is 0.224 e. The summed E-state index contributed by atoms with van der Waals surface area (Å²) in [5.74, 6) is 0.741. The summed E-state index contributed by atoms with van der Waals surface area (Å²) in [6.07, 6.45) is 2.68. The zero-order valence-electron chi connectivity index (χ0n) is 15.4. The van der Waals surface area contributed by atoms with E-state index in [1.165, 1.54) is 6.07 Å². The van der Waals surface area contributed by atoms with Crippen LogP contribution in [0.3, 0.4) is 0 Å². The van der Waals surface area contributed by atoms with Crippen molar-refractivity contribution in [2.24, 2.45) is 5.92 Å². The molecule has 5 heteroatoms. The standard InChI is InChI=1S/C22H25FN2O2/c23-18-7-3-5-16(13-18)14-25-11-4-6-17(15-25)22(26)24-20-10-12-27-21-9-2-1-8-19(20)21/h1-3,5,7-9,13,17,20H,4,6,10-12,14-15H2,(H,24,26). The number of benzene rings is 2. The lowest BCUT2D eigenvalue weighted by Gasteiger charge is -2.34. The number of nitrogens with one attached hydrogen (secondary N) is 1. The van der Waals surface area contributed by atoms with Gasteiger partial charge in [-0.05, 0) is 43.1 Å². The highest BCUT2D eigenvalue weighted by Gasteiger charge is 2.29. The van der Waals surface area contributed by atoms with Crippen molar-refractivity contribution in [3.8, 4) is 5.75 Å². The number of carbonyl (C=O) groups excluding carboxylic acids is 1. The number of amides is 1. The average molecular weight is 368 g/mol. The van der Waals surface area contributed by atoms with Gasteiger partial charge >= 0.3 is 0 Å². The summed E-state index contributed by atoms with van der Waals surface area (Å²) >= 11 is 0. The highest BCUT2D eigenvalue weighted by Crippen LogP contribution is 2.32. The average Bonchev–Trinajstić information content (AvgIpc) is 2.68. The fourth-order valence-corrected chi connectivity index (χ4v) is 4.09. The van der Waals surface area contributed by atoms with E-state index in [9.17, 15) is 9.18 Å². The largest absolute Gasteiger partial charge is 0.493 e. The van der Waals surface area contributed by atoms with Gasteiger partial charge in [-0.1, -0.05) is 30.3 Å². The van der Waals surface area contributed by atoms with Crippen LogP contribution in [-0.2, 0) is 11.3 Å². The fourth-order valence-electron chi connectivity index (χ4n) is 4.09. The number of nitrogens with zero attached hydrogens (tertiary/aromatic N) is 1. The first-order valence-electron chi connectivity index (χ1n) is 9.68. The molecule has 1 saturated heterocycles. The van der Waals surface area contributed by atoms with Crippen LogP contribution in [0.25, 0.3) is 0 Å². The van der Waals surface area contributed by atoms with Crippen LogP contribution >= 0.6 is 0 Å². The molecule has 2 aromatic carbocycles. The van der Waals surface area contributed by atoms with Gasteiger partial charge < -0.3 is 10.1 Å². The van der Waals surface area contributed by atoms with Crippen LogP contribution in [-0.4, -0.2) is 30.5 Å². The Morgan fingerprint density at radius 2 is 2.07 bits per heavy atom. The third kappa shape index (κ3) is 4.30. The molecule has 2 atom stereocenters. The molecule has 0 spiro atoms. The number of rotatable bonds is 4. The molecule has 1 fully saturated rings. The molecule has 4 rings (SSSR count). The quantitative estimate of drug-likeness (QED) is 0.895. The maximum atomic E-state index is 13.4. The highest BCUT2D eigenvalue weighted by molar-refractivity contribution is 5.79. The molecule has 2 unspecified atom stereocenters. The van der Waals surface area contributed by atoms with Crippen LogP contribution in [0.5, 0.6) is 5.75 Å². The van der Waals surface area contributed by atoms with E-state index < -0.39 is 0 Å². The Balaban J connectivity index is 1.38. The summed E-state index contributed by atoms with van der Waals surface area (Å²) in [4.78, 5) is 15.1. The number of hydrogen-bond donors (Lipinski definition) is 1. The molecule has 0 radical (unpaired) electrons. The third-order valence-electron chi connectivity index (χ3n) is 5.45. The number of halogens is 1. The normalized spacial score (nSPS) is 22.6. The second kappa shape index (κ2) is 8.09. The first kappa shape index (κ1) is 18.0. The lowest BCUT2D eigenvalue weighted by atomic mass is 9.94. The van der Waals surface area contributed by atoms with Gasteiger partial charge in [0.25, 0.3) is 0 Å². The minimum atomic E-state index is -0.211. The van der Waals surface area contributed by atoms with Gasteiger partial charge in [-0.15, -0.1) is 0 Å². The van der Waals surface area contributed by atoms with Crippen molar-refractivity contribution in [1.29, 1.82) is 0 Å². The van der Waals surface area contributed by atoms with Crippen molar-refractivity contribution in [2.45, 2.75) is 31.8 Å². The zero-order valence-corrected chi connectivity index (χ0v) is 15.4. The summed E-state index contributed by atoms with van der Waals surface area (Å²) in [6, 6.07) is 14.6. The number of ether oxygens (including phenoxy) is 1. The molecule has 0 aliphatic carbocycles. The Kier molecular flexibility index (Phi) is 5.39. The van der Waals surface area contributed by atoms with Crippen molar-refractivity contribution in [3.63, 3.8) is 0 Å². The minimum absolute atomic E-state index is 0.0149. The second-order valence-electron chi connectivity index (χ2n) is 7.44. The highest BCUT2D eigenvalue weighted by atomic mass is 19.1. The van der Waals surface area contributed by atoms with Crippen LogP contribution in [0.15, 0.2) is 48.5 Å². The summed E-state index contributed by atoms with van der Waals surface area (Å²) in [6.45, 7) is 2.97. The zero-order chi connectivity index (χ0) is 18.6. The maximum absolute atomic E-state index is 13.4. The monoisotopic (exact) mass is 368 g/mol. The van der Waals surface area contributed by atoms with Crippen LogP contribution in [0.2, 0.25) is 0 Å². The van der Waals surface area contributed by atoms with Crippen molar-refractivity contribution < 1.29 is 13.9 Å². The third-order valence-corrected chi connectivity index (χ3v) is 5.45.